The molecular formula is C10H19N3O5. The van der Waals surface area contributed by atoms with Gasteiger partial charge in [-0.05, 0) is 6.42 Å². The van der Waals surface area contributed by atoms with E-state index in [2.05, 4.69) is 10.6 Å². The molecule has 0 aliphatic carbocycles. The Morgan fingerprint density at radius 3 is 2.39 bits per heavy atom. The van der Waals surface area contributed by atoms with Crippen LogP contribution in [0.2, 0.25) is 0 Å². The van der Waals surface area contributed by atoms with Crippen LogP contribution in [0.5, 0.6) is 0 Å². The van der Waals surface area contributed by atoms with E-state index in [9.17, 15) is 14.4 Å². The molecule has 0 saturated heterocycles. The molecule has 8 heteroatoms. The van der Waals surface area contributed by atoms with Crippen molar-refractivity contribution in [3.05, 3.63) is 0 Å². The summed E-state index contributed by atoms with van der Waals surface area (Å²) in [4.78, 5) is 34.4. The molecule has 1 unspecified atom stereocenters. The molecule has 8 nitrogen and oxygen atoms in total. The lowest BCUT2D eigenvalue weighted by Crippen LogP contribution is -2.47. The van der Waals surface area contributed by atoms with E-state index in [1.165, 1.54) is 11.9 Å². The third kappa shape index (κ3) is 6.04. The van der Waals surface area contributed by atoms with Crippen molar-refractivity contribution < 1.29 is 24.6 Å². The third-order valence-electron chi connectivity index (χ3n) is 2.13. The first-order valence-corrected chi connectivity index (χ1v) is 5.56. The number of carbonyl (C=O) groups is 3. The van der Waals surface area contributed by atoms with E-state index in [1.807, 2.05) is 6.92 Å². The fraction of sp³-hybridized carbons (Fsp3) is 0.700. The van der Waals surface area contributed by atoms with Crippen molar-refractivity contribution >= 4 is 17.9 Å². The fourth-order valence-corrected chi connectivity index (χ4v) is 1.16. The predicted octanol–water partition coefficient (Wildman–Crippen LogP) is -1.40. The Morgan fingerprint density at radius 2 is 1.94 bits per heavy atom. The molecule has 0 saturated carbocycles. The lowest BCUT2D eigenvalue weighted by atomic mass is 10.3. The van der Waals surface area contributed by atoms with E-state index < -0.39 is 24.6 Å². The Hall–Kier alpha value is -1.83. The Balaban J connectivity index is 4.29. The maximum atomic E-state index is 11.6. The van der Waals surface area contributed by atoms with Gasteiger partial charge in [0.1, 0.15) is 6.54 Å². The van der Waals surface area contributed by atoms with Gasteiger partial charge in [-0.3, -0.25) is 4.79 Å². The number of carbonyl (C=O) groups excluding carboxylic acids is 2. The number of carboxylic acids is 1. The highest BCUT2D eigenvalue weighted by Gasteiger charge is 2.18. The Kier molecular flexibility index (Phi) is 7.45. The number of nitrogens with one attached hydrogen (secondary N) is 2. The number of aliphatic hydroxyl groups is 1. The molecule has 0 aliphatic rings. The summed E-state index contributed by atoms with van der Waals surface area (Å²) in [6, 6.07) is -0.583. The standard InChI is InChI=1S/C10H19N3O5/c1-3-4-13(6-8(15)11-2)10(18)12-5-7(14)9(16)17/h7,14H,3-6H2,1-2H3,(H,11,15)(H,12,18)(H,16,17). The second kappa shape index (κ2) is 8.29. The van der Waals surface area contributed by atoms with Crippen molar-refractivity contribution in [1.29, 1.82) is 0 Å². The summed E-state index contributed by atoms with van der Waals surface area (Å²) in [5, 5.41) is 22.1. The molecule has 0 aliphatic heterocycles. The second-order valence-electron chi connectivity index (χ2n) is 3.63. The number of amides is 3. The molecule has 0 radical (unpaired) electrons. The normalized spacial score (nSPS) is 11.5. The van der Waals surface area contributed by atoms with Crippen LogP contribution >= 0.6 is 0 Å². The average molecular weight is 261 g/mol. The zero-order valence-electron chi connectivity index (χ0n) is 10.5. The minimum absolute atomic E-state index is 0.112. The van der Waals surface area contributed by atoms with Gasteiger partial charge in [0.25, 0.3) is 0 Å². The van der Waals surface area contributed by atoms with Crippen LogP contribution in [0.4, 0.5) is 4.79 Å². The van der Waals surface area contributed by atoms with Crippen LogP contribution in [0.25, 0.3) is 0 Å². The zero-order chi connectivity index (χ0) is 14.1. The van der Waals surface area contributed by atoms with Crippen molar-refractivity contribution in [3.63, 3.8) is 0 Å². The molecule has 4 N–H and O–H groups in total. The minimum atomic E-state index is -1.66. The molecule has 104 valence electrons. The summed E-state index contributed by atoms with van der Waals surface area (Å²) >= 11 is 0. The van der Waals surface area contributed by atoms with Gasteiger partial charge in [0.05, 0.1) is 6.54 Å². The monoisotopic (exact) mass is 261 g/mol. The van der Waals surface area contributed by atoms with Crippen molar-refractivity contribution in [1.82, 2.24) is 15.5 Å². The molecule has 0 spiro atoms. The smallest absolute Gasteiger partial charge is 0.334 e. The molecule has 0 fully saturated rings. The number of likely N-dealkylation sites (N-methyl/N-ethyl adjacent to an activating group) is 1. The SMILES string of the molecule is CCCN(CC(=O)NC)C(=O)NCC(O)C(=O)O. The van der Waals surface area contributed by atoms with E-state index in [-0.39, 0.29) is 12.5 Å². The molecule has 18 heavy (non-hydrogen) atoms. The van der Waals surface area contributed by atoms with Crippen LogP contribution in [0.3, 0.4) is 0 Å². The van der Waals surface area contributed by atoms with Gasteiger partial charge in [-0.25, -0.2) is 9.59 Å². The number of aliphatic hydroxyl groups excluding tert-OH is 1. The van der Waals surface area contributed by atoms with Crippen molar-refractivity contribution in [2.45, 2.75) is 19.4 Å². The highest BCUT2D eigenvalue weighted by Crippen LogP contribution is 1.93. The summed E-state index contributed by atoms with van der Waals surface area (Å²) in [7, 11) is 1.46. The van der Waals surface area contributed by atoms with E-state index >= 15 is 0 Å². The lowest BCUT2D eigenvalue weighted by molar-refractivity contribution is -0.146. The Bertz CT molecular complexity index is 308. The van der Waals surface area contributed by atoms with Crippen LogP contribution in [-0.2, 0) is 9.59 Å². The molecule has 0 aromatic heterocycles. The van der Waals surface area contributed by atoms with Crippen molar-refractivity contribution in [2.75, 3.05) is 26.7 Å². The van der Waals surface area contributed by atoms with E-state index in [0.717, 1.165) is 0 Å². The zero-order valence-corrected chi connectivity index (χ0v) is 10.5. The van der Waals surface area contributed by atoms with Gasteiger partial charge < -0.3 is 25.7 Å². The maximum Gasteiger partial charge on any atom is 0.334 e. The largest absolute Gasteiger partial charge is 0.479 e. The van der Waals surface area contributed by atoms with E-state index in [4.69, 9.17) is 10.2 Å². The van der Waals surface area contributed by atoms with Crippen LogP contribution in [0.1, 0.15) is 13.3 Å². The Labute approximate surface area is 105 Å². The number of rotatable bonds is 7. The van der Waals surface area contributed by atoms with Gasteiger partial charge in [0.2, 0.25) is 5.91 Å². The topological polar surface area (TPSA) is 119 Å². The quantitative estimate of drug-likeness (QED) is 0.449. The molecule has 0 rings (SSSR count). The molecule has 3 amide bonds. The number of hydrogen-bond acceptors (Lipinski definition) is 4. The minimum Gasteiger partial charge on any atom is -0.479 e. The first-order valence-electron chi connectivity index (χ1n) is 5.56. The van der Waals surface area contributed by atoms with Crippen LogP contribution < -0.4 is 10.6 Å². The van der Waals surface area contributed by atoms with Gasteiger partial charge in [-0.1, -0.05) is 6.92 Å². The van der Waals surface area contributed by atoms with Gasteiger partial charge in [0, 0.05) is 13.6 Å². The van der Waals surface area contributed by atoms with Gasteiger partial charge in [-0.2, -0.15) is 0 Å². The second-order valence-corrected chi connectivity index (χ2v) is 3.63. The molecule has 1 atom stereocenters. The number of aliphatic carboxylic acids is 1. The predicted molar refractivity (Wildman–Crippen MR) is 63.0 cm³/mol. The summed E-state index contributed by atoms with van der Waals surface area (Å²) < 4.78 is 0. The third-order valence-corrected chi connectivity index (χ3v) is 2.13. The summed E-state index contributed by atoms with van der Waals surface area (Å²) in [5.74, 6) is -1.74. The highest BCUT2D eigenvalue weighted by molar-refractivity contribution is 5.84. The van der Waals surface area contributed by atoms with Gasteiger partial charge in [0.15, 0.2) is 6.10 Å². The van der Waals surface area contributed by atoms with Gasteiger partial charge >= 0.3 is 12.0 Å². The number of carboxylic acid groups (broad SMARTS) is 1. The van der Waals surface area contributed by atoms with Crippen LogP contribution in [0.15, 0.2) is 0 Å². The molecule has 0 heterocycles. The summed E-state index contributed by atoms with van der Waals surface area (Å²) in [6.07, 6.45) is -0.997. The van der Waals surface area contributed by atoms with Crippen molar-refractivity contribution in [2.24, 2.45) is 0 Å². The molecule has 0 aromatic carbocycles. The van der Waals surface area contributed by atoms with Crippen LogP contribution in [0, 0.1) is 0 Å². The number of hydrogen-bond donors (Lipinski definition) is 4. The molecular weight excluding hydrogens is 242 g/mol. The Morgan fingerprint density at radius 1 is 1.33 bits per heavy atom. The maximum absolute atomic E-state index is 11.6. The molecule has 0 bridgehead atoms. The average Bonchev–Trinajstić information content (AvgIpc) is 2.34. The van der Waals surface area contributed by atoms with Crippen LogP contribution in [-0.4, -0.2) is 65.8 Å². The van der Waals surface area contributed by atoms with E-state index in [1.54, 1.807) is 0 Å². The first-order chi connectivity index (χ1) is 8.42. The highest BCUT2D eigenvalue weighted by atomic mass is 16.4. The summed E-state index contributed by atoms with van der Waals surface area (Å²) in [6.45, 7) is 1.69. The van der Waals surface area contributed by atoms with Gasteiger partial charge in [-0.15, -0.1) is 0 Å². The van der Waals surface area contributed by atoms with E-state index in [0.29, 0.717) is 13.0 Å². The molecule has 0 aromatic rings. The summed E-state index contributed by atoms with van der Waals surface area (Å²) in [5.41, 5.74) is 0. The number of urea groups is 1. The lowest BCUT2D eigenvalue weighted by Gasteiger charge is -2.22. The van der Waals surface area contributed by atoms with Crippen molar-refractivity contribution in [3.8, 4) is 0 Å². The fourth-order valence-electron chi connectivity index (χ4n) is 1.16. The first kappa shape index (κ1) is 16.2. The number of nitrogens with zero attached hydrogens (tertiary/aromatic N) is 1.